The summed E-state index contributed by atoms with van der Waals surface area (Å²) < 4.78 is 10.0. The molecule has 6 atom stereocenters. The number of carboxylic acids is 2. The Kier molecular flexibility index (Phi) is 14.8. The molecule has 0 radical (unpaired) electrons. The summed E-state index contributed by atoms with van der Waals surface area (Å²) in [4.78, 5) is 21.2. The van der Waals surface area contributed by atoms with E-state index >= 15 is 0 Å². The van der Waals surface area contributed by atoms with Crippen molar-refractivity contribution in [3.05, 3.63) is 0 Å². The Hall–Kier alpha value is 2.01. The van der Waals surface area contributed by atoms with Crippen molar-refractivity contribution in [1.82, 2.24) is 0 Å². The van der Waals surface area contributed by atoms with Gasteiger partial charge >= 0.3 is 103 Å². The van der Waals surface area contributed by atoms with Gasteiger partial charge in [0.15, 0.2) is 6.29 Å². The fourth-order valence-electron chi connectivity index (χ4n) is 1.88. The number of aliphatic hydroxyl groups is 3. The number of aliphatic hydroxyl groups excluding tert-OH is 3. The fraction of sp³-hybridized carbons (Fsp3) is 0.818. The molecule has 3 unspecified atom stereocenters. The maximum absolute atomic E-state index is 10.8. The van der Waals surface area contributed by atoms with Crippen LogP contribution < -0.4 is 113 Å². The first kappa shape index (κ1) is 26.2. The van der Waals surface area contributed by atoms with Crippen LogP contribution in [0.5, 0.6) is 0 Å². The zero-order valence-electron chi connectivity index (χ0n) is 12.7. The summed E-state index contributed by atoms with van der Waals surface area (Å²) >= 11 is 0. The standard InChI is InChI=1S/C11H18O9.2K/c1-4-8(15)9(16)6(3-12)20-11(4)19-5(10(17)18)2-7(13)14;;/h4-6,8-9,11-12,15-16H,2-3H2,1H3,(H,13,14)(H,17,18);;/q;2*+1/p-2/t4?,5-,6?,8+,9+,11?;;/m0../s1. The minimum Gasteiger partial charge on any atom is -0.550 e. The predicted octanol–water partition coefficient (Wildman–Crippen LogP) is -10.7. The molecule has 9 nitrogen and oxygen atoms in total. The van der Waals surface area contributed by atoms with Crippen molar-refractivity contribution in [2.75, 3.05) is 6.61 Å². The van der Waals surface area contributed by atoms with Gasteiger partial charge in [-0.2, -0.15) is 0 Å². The quantitative estimate of drug-likeness (QED) is 0.386. The summed E-state index contributed by atoms with van der Waals surface area (Å²) in [6, 6.07) is 0. The molecule has 116 valence electrons. The van der Waals surface area contributed by atoms with E-state index in [-0.39, 0.29) is 103 Å². The zero-order chi connectivity index (χ0) is 15.4. The zero-order valence-corrected chi connectivity index (χ0v) is 18.9. The summed E-state index contributed by atoms with van der Waals surface area (Å²) in [5.41, 5.74) is 0. The van der Waals surface area contributed by atoms with E-state index in [4.69, 9.17) is 14.6 Å². The summed E-state index contributed by atoms with van der Waals surface area (Å²) in [6.07, 6.45) is -7.94. The molecule has 0 saturated carbocycles. The number of carboxylic acid groups (broad SMARTS) is 2. The van der Waals surface area contributed by atoms with E-state index < -0.39 is 61.6 Å². The van der Waals surface area contributed by atoms with Gasteiger partial charge in [-0.15, -0.1) is 0 Å². The first-order valence-corrected chi connectivity index (χ1v) is 5.96. The number of ether oxygens (including phenoxy) is 2. The summed E-state index contributed by atoms with van der Waals surface area (Å²) in [5.74, 6) is -4.26. The number of hydrogen-bond acceptors (Lipinski definition) is 9. The van der Waals surface area contributed by atoms with Crippen molar-refractivity contribution < 1.29 is 147 Å². The van der Waals surface area contributed by atoms with Crippen LogP contribution in [0.4, 0.5) is 0 Å². The van der Waals surface area contributed by atoms with Gasteiger partial charge in [0.2, 0.25) is 0 Å². The van der Waals surface area contributed by atoms with Crippen LogP contribution in [-0.2, 0) is 19.1 Å². The van der Waals surface area contributed by atoms with E-state index in [1.807, 2.05) is 0 Å². The van der Waals surface area contributed by atoms with Crippen LogP contribution in [0.1, 0.15) is 13.3 Å². The number of hydrogen-bond donors (Lipinski definition) is 3. The van der Waals surface area contributed by atoms with E-state index in [0.717, 1.165) is 0 Å². The molecule has 0 aromatic rings. The van der Waals surface area contributed by atoms with Crippen molar-refractivity contribution >= 4 is 11.9 Å². The van der Waals surface area contributed by atoms with Gasteiger partial charge in [0.05, 0.1) is 18.7 Å². The topological polar surface area (TPSA) is 159 Å². The maximum atomic E-state index is 10.8. The van der Waals surface area contributed by atoms with Gasteiger partial charge in [0.25, 0.3) is 0 Å². The third kappa shape index (κ3) is 7.49. The van der Waals surface area contributed by atoms with E-state index in [9.17, 15) is 30.0 Å². The van der Waals surface area contributed by atoms with Crippen molar-refractivity contribution in [2.45, 2.75) is 44.1 Å². The third-order valence-electron chi connectivity index (χ3n) is 3.10. The molecule has 0 aliphatic carbocycles. The molecule has 1 aliphatic rings. The van der Waals surface area contributed by atoms with Crippen molar-refractivity contribution in [2.24, 2.45) is 5.92 Å². The molecule has 0 aromatic carbocycles. The molecule has 0 spiro atoms. The van der Waals surface area contributed by atoms with E-state index in [1.165, 1.54) is 6.92 Å². The van der Waals surface area contributed by atoms with Crippen molar-refractivity contribution in [3.8, 4) is 0 Å². The fourth-order valence-corrected chi connectivity index (χ4v) is 1.88. The van der Waals surface area contributed by atoms with Gasteiger partial charge < -0.3 is 44.6 Å². The number of carbonyl (C=O) groups excluding carboxylic acids is 2. The minimum atomic E-state index is -1.82. The molecule has 11 heteroatoms. The summed E-state index contributed by atoms with van der Waals surface area (Å²) in [6.45, 7) is 0.790. The van der Waals surface area contributed by atoms with Crippen LogP contribution in [0.15, 0.2) is 0 Å². The normalized spacial score (nSPS) is 32.3. The second-order valence-electron chi connectivity index (χ2n) is 4.59. The van der Waals surface area contributed by atoms with Crippen molar-refractivity contribution in [3.63, 3.8) is 0 Å². The average molecular weight is 370 g/mol. The monoisotopic (exact) mass is 370 g/mol. The Morgan fingerprint density at radius 3 is 2.18 bits per heavy atom. The molecular formula is C11H16K2O9. The van der Waals surface area contributed by atoms with Crippen LogP contribution in [0.25, 0.3) is 0 Å². The van der Waals surface area contributed by atoms with Crippen LogP contribution in [0.2, 0.25) is 0 Å². The Labute approximate surface area is 212 Å². The second kappa shape index (κ2) is 12.4. The maximum Gasteiger partial charge on any atom is 1.00 e. The number of carbonyl (C=O) groups is 2. The first-order chi connectivity index (χ1) is 9.27. The molecule has 3 N–H and O–H groups in total. The molecule has 1 rings (SSSR count). The van der Waals surface area contributed by atoms with Crippen LogP contribution in [-0.4, -0.2) is 64.6 Å². The number of rotatable bonds is 6. The number of aliphatic carboxylic acids is 2. The van der Waals surface area contributed by atoms with Gasteiger partial charge in [-0.3, -0.25) is 0 Å². The van der Waals surface area contributed by atoms with Gasteiger partial charge in [-0.25, -0.2) is 0 Å². The molecular weight excluding hydrogens is 354 g/mol. The molecule has 0 amide bonds. The molecule has 1 heterocycles. The molecule has 1 fully saturated rings. The molecule has 1 aliphatic heterocycles. The van der Waals surface area contributed by atoms with Gasteiger partial charge in [-0.1, -0.05) is 6.92 Å². The van der Waals surface area contributed by atoms with E-state index in [2.05, 4.69) is 0 Å². The average Bonchev–Trinajstić information content (AvgIpc) is 2.37. The summed E-state index contributed by atoms with van der Waals surface area (Å²) in [5, 5.41) is 49.5. The molecule has 0 bridgehead atoms. The summed E-state index contributed by atoms with van der Waals surface area (Å²) in [7, 11) is 0. The molecule has 0 aromatic heterocycles. The van der Waals surface area contributed by atoms with Crippen LogP contribution in [0, 0.1) is 5.92 Å². The Morgan fingerprint density at radius 1 is 1.23 bits per heavy atom. The largest absolute Gasteiger partial charge is 1.00 e. The van der Waals surface area contributed by atoms with Crippen LogP contribution in [0.3, 0.4) is 0 Å². The van der Waals surface area contributed by atoms with Crippen LogP contribution >= 0.6 is 0 Å². The smallest absolute Gasteiger partial charge is 0.550 e. The van der Waals surface area contributed by atoms with E-state index in [0.29, 0.717) is 0 Å². The third-order valence-corrected chi connectivity index (χ3v) is 3.10. The Morgan fingerprint density at radius 2 is 1.77 bits per heavy atom. The van der Waals surface area contributed by atoms with Crippen molar-refractivity contribution in [1.29, 1.82) is 0 Å². The van der Waals surface area contributed by atoms with Gasteiger partial charge in [0, 0.05) is 18.3 Å². The minimum absolute atomic E-state index is 0. The van der Waals surface area contributed by atoms with E-state index in [1.54, 1.807) is 0 Å². The SMILES string of the molecule is CC1C(O[C@@H](CC(=O)[O-])C(=O)[O-])OC(CO)[C@@H](O)[C@@H]1O.[K+].[K+]. The molecule has 22 heavy (non-hydrogen) atoms. The predicted molar refractivity (Wildman–Crippen MR) is 56.4 cm³/mol. The van der Waals surface area contributed by atoms with Gasteiger partial charge in [-0.05, 0) is 0 Å². The molecule has 1 saturated heterocycles. The Balaban J connectivity index is 0. The van der Waals surface area contributed by atoms with Gasteiger partial charge in [0.1, 0.15) is 18.3 Å². The Bertz CT molecular complexity index is 365. The first-order valence-electron chi connectivity index (χ1n) is 5.96. The second-order valence-corrected chi connectivity index (χ2v) is 4.59.